The second kappa shape index (κ2) is 8.54. The number of fused-ring (bicyclic) bond motifs is 1. The van der Waals surface area contributed by atoms with Gasteiger partial charge in [-0.1, -0.05) is 45.0 Å². The van der Waals surface area contributed by atoms with Gasteiger partial charge in [-0.25, -0.2) is 9.97 Å². The van der Waals surface area contributed by atoms with E-state index in [4.69, 9.17) is 5.73 Å². The van der Waals surface area contributed by atoms with Gasteiger partial charge >= 0.3 is 0 Å². The molecule has 4 N–H and O–H groups in total. The highest BCUT2D eigenvalue weighted by Crippen LogP contribution is 2.34. The molecule has 0 aliphatic rings. The Balaban J connectivity index is 1.67. The maximum absolute atomic E-state index is 13.1. The molecule has 6 heteroatoms. The molecular formula is C27H29N5O. The Labute approximate surface area is 194 Å². The molecule has 4 rings (SSSR count). The second-order valence-corrected chi connectivity index (χ2v) is 9.22. The number of hydrogen-bond donors (Lipinski definition) is 3. The second-order valence-electron chi connectivity index (χ2n) is 9.22. The van der Waals surface area contributed by atoms with E-state index < -0.39 is 0 Å². The molecule has 3 aromatic carbocycles. The lowest BCUT2D eigenvalue weighted by Crippen LogP contribution is -2.15. The highest BCUT2D eigenvalue weighted by molar-refractivity contribution is 6.10. The molecule has 0 saturated heterocycles. The average molecular weight is 440 g/mol. The van der Waals surface area contributed by atoms with Crippen molar-refractivity contribution in [3.63, 3.8) is 0 Å². The van der Waals surface area contributed by atoms with Crippen LogP contribution in [0.3, 0.4) is 0 Å². The van der Waals surface area contributed by atoms with Gasteiger partial charge in [0.05, 0.1) is 16.8 Å². The molecule has 0 radical (unpaired) electrons. The summed E-state index contributed by atoms with van der Waals surface area (Å²) >= 11 is 0. The predicted octanol–water partition coefficient (Wildman–Crippen LogP) is 5.78. The summed E-state index contributed by atoms with van der Waals surface area (Å²) in [5, 5.41) is 6.82. The van der Waals surface area contributed by atoms with Gasteiger partial charge in [-0.2, -0.15) is 0 Å². The Bertz CT molecular complexity index is 1340. The number of nitrogens with one attached hydrogen (secondary N) is 2. The van der Waals surface area contributed by atoms with Crippen LogP contribution in [-0.2, 0) is 5.41 Å². The van der Waals surface area contributed by atoms with E-state index in [1.54, 1.807) is 19.3 Å². The molecule has 0 atom stereocenters. The number of carbonyl (C=O) groups excluding carboxylic acids is 1. The fraction of sp³-hybridized carbons (Fsp3) is 0.222. The first-order chi connectivity index (χ1) is 15.7. The van der Waals surface area contributed by atoms with Crippen molar-refractivity contribution >= 4 is 34.1 Å². The first-order valence-corrected chi connectivity index (χ1v) is 10.9. The van der Waals surface area contributed by atoms with Gasteiger partial charge in [-0.15, -0.1) is 0 Å². The van der Waals surface area contributed by atoms with Crippen LogP contribution in [0.2, 0.25) is 0 Å². The number of aryl methyl sites for hydroxylation is 1. The van der Waals surface area contributed by atoms with Crippen LogP contribution in [-0.4, -0.2) is 22.9 Å². The Morgan fingerprint density at radius 2 is 1.73 bits per heavy atom. The summed E-state index contributed by atoms with van der Waals surface area (Å²) in [6.45, 7) is 8.47. The Morgan fingerprint density at radius 3 is 2.39 bits per heavy atom. The summed E-state index contributed by atoms with van der Waals surface area (Å²) in [6.07, 6.45) is 1.78. The summed E-state index contributed by atoms with van der Waals surface area (Å²) < 4.78 is 0. The molecule has 0 aliphatic carbocycles. The normalized spacial score (nSPS) is 11.4. The van der Waals surface area contributed by atoms with Crippen molar-refractivity contribution < 1.29 is 4.79 Å². The predicted molar refractivity (Wildman–Crippen MR) is 137 cm³/mol. The third-order valence-electron chi connectivity index (χ3n) is 5.80. The minimum Gasteiger partial charge on any atom is -0.398 e. The molecule has 0 bridgehead atoms. The molecular weight excluding hydrogens is 410 g/mol. The maximum atomic E-state index is 13.1. The van der Waals surface area contributed by atoms with Crippen molar-refractivity contribution in [3.05, 3.63) is 77.5 Å². The summed E-state index contributed by atoms with van der Waals surface area (Å²) in [5.74, 6) is 0.334. The minimum atomic E-state index is -0.236. The average Bonchev–Trinajstić information content (AvgIpc) is 2.78. The molecule has 1 aromatic heterocycles. The number of rotatable bonds is 4. The van der Waals surface area contributed by atoms with E-state index in [0.29, 0.717) is 17.2 Å². The number of carbonyl (C=O) groups is 1. The number of nitrogens with two attached hydrogens (primary N) is 1. The fourth-order valence-electron chi connectivity index (χ4n) is 3.87. The van der Waals surface area contributed by atoms with E-state index in [-0.39, 0.29) is 11.3 Å². The molecule has 33 heavy (non-hydrogen) atoms. The van der Waals surface area contributed by atoms with E-state index in [0.717, 1.165) is 33.3 Å². The van der Waals surface area contributed by atoms with E-state index in [1.807, 2.05) is 55.5 Å². The van der Waals surface area contributed by atoms with Crippen molar-refractivity contribution in [2.24, 2.45) is 0 Å². The molecule has 4 aromatic rings. The molecule has 0 fully saturated rings. The molecule has 0 spiro atoms. The number of nitrogens with zero attached hydrogens (tertiary/aromatic N) is 2. The standard InChI is InChI=1S/C27H29N5O/c1-16-6-12-21(25(33)31-20-10-8-19(9-11-20)27(2,3)4)24(28)23(16)17-7-13-22-18(14-17)15-30-26(29-5)32-22/h6-15H,28H2,1-5H3,(H,31,33)(H,29,30,32). The Kier molecular flexibility index (Phi) is 5.77. The van der Waals surface area contributed by atoms with Gasteiger partial charge < -0.3 is 16.4 Å². The van der Waals surface area contributed by atoms with Crippen LogP contribution < -0.4 is 16.4 Å². The lowest BCUT2D eigenvalue weighted by Gasteiger charge is -2.19. The zero-order valence-electron chi connectivity index (χ0n) is 19.7. The lowest BCUT2D eigenvalue weighted by molar-refractivity contribution is 0.102. The maximum Gasteiger partial charge on any atom is 0.257 e. The van der Waals surface area contributed by atoms with Gasteiger partial charge in [0.2, 0.25) is 5.95 Å². The first kappa shape index (κ1) is 22.3. The van der Waals surface area contributed by atoms with Crippen molar-refractivity contribution in [3.8, 4) is 11.1 Å². The van der Waals surface area contributed by atoms with E-state index in [2.05, 4.69) is 41.4 Å². The number of benzene rings is 3. The summed E-state index contributed by atoms with van der Waals surface area (Å²) in [5.41, 5.74) is 13.0. The summed E-state index contributed by atoms with van der Waals surface area (Å²) in [7, 11) is 1.79. The highest BCUT2D eigenvalue weighted by atomic mass is 16.1. The summed E-state index contributed by atoms with van der Waals surface area (Å²) in [6, 6.07) is 17.5. The number of anilines is 3. The summed E-state index contributed by atoms with van der Waals surface area (Å²) in [4.78, 5) is 21.8. The van der Waals surface area contributed by atoms with Crippen LogP contribution in [0, 0.1) is 6.92 Å². The van der Waals surface area contributed by atoms with Crippen LogP contribution in [0.4, 0.5) is 17.3 Å². The Morgan fingerprint density at radius 1 is 1.00 bits per heavy atom. The SMILES string of the molecule is CNc1ncc2cc(-c3c(C)ccc(C(=O)Nc4ccc(C(C)(C)C)cc4)c3N)ccc2n1. The molecule has 1 heterocycles. The van der Waals surface area contributed by atoms with Gasteiger partial charge in [-0.3, -0.25) is 4.79 Å². The fourth-order valence-corrected chi connectivity index (χ4v) is 3.87. The van der Waals surface area contributed by atoms with E-state index >= 15 is 0 Å². The van der Waals surface area contributed by atoms with Crippen molar-refractivity contribution in [2.45, 2.75) is 33.1 Å². The van der Waals surface area contributed by atoms with Crippen LogP contribution in [0.25, 0.3) is 22.0 Å². The van der Waals surface area contributed by atoms with Crippen LogP contribution in [0.15, 0.2) is 60.8 Å². The number of amides is 1. The van der Waals surface area contributed by atoms with Gasteiger partial charge in [0.15, 0.2) is 0 Å². The van der Waals surface area contributed by atoms with Crippen LogP contribution >= 0.6 is 0 Å². The molecule has 168 valence electrons. The largest absolute Gasteiger partial charge is 0.398 e. The van der Waals surface area contributed by atoms with Gasteiger partial charge in [-0.05, 0) is 59.4 Å². The first-order valence-electron chi connectivity index (χ1n) is 10.9. The van der Waals surface area contributed by atoms with Crippen LogP contribution in [0.5, 0.6) is 0 Å². The van der Waals surface area contributed by atoms with Crippen molar-refractivity contribution in [2.75, 3.05) is 23.4 Å². The van der Waals surface area contributed by atoms with Crippen molar-refractivity contribution in [1.82, 2.24) is 9.97 Å². The van der Waals surface area contributed by atoms with Crippen LogP contribution in [0.1, 0.15) is 42.3 Å². The molecule has 0 aliphatic heterocycles. The van der Waals surface area contributed by atoms with Gasteiger partial charge in [0.1, 0.15) is 0 Å². The van der Waals surface area contributed by atoms with Gasteiger partial charge in [0, 0.05) is 29.9 Å². The number of nitrogen functional groups attached to an aromatic ring is 1. The van der Waals surface area contributed by atoms with Crippen molar-refractivity contribution in [1.29, 1.82) is 0 Å². The topological polar surface area (TPSA) is 92.9 Å². The molecule has 1 amide bonds. The zero-order valence-corrected chi connectivity index (χ0v) is 19.7. The van der Waals surface area contributed by atoms with E-state index in [9.17, 15) is 4.79 Å². The molecule has 0 unspecified atom stereocenters. The quantitative estimate of drug-likeness (QED) is 0.351. The van der Waals surface area contributed by atoms with E-state index in [1.165, 1.54) is 5.56 Å². The minimum absolute atomic E-state index is 0.0539. The third-order valence-corrected chi connectivity index (χ3v) is 5.80. The molecule has 6 nitrogen and oxygen atoms in total. The molecule has 0 saturated carbocycles. The highest BCUT2D eigenvalue weighted by Gasteiger charge is 2.18. The monoisotopic (exact) mass is 439 g/mol. The number of aromatic nitrogens is 2. The third kappa shape index (κ3) is 4.51. The number of hydrogen-bond acceptors (Lipinski definition) is 5. The Hall–Kier alpha value is -3.93. The lowest BCUT2D eigenvalue weighted by atomic mass is 9.87. The van der Waals surface area contributed by atoms with Gasteiger partial charge in [0.25, 0.3) is 5.91 Å². The zero-order chi connectivity index (χ0) is 23.8. The smallest absolute Gasteiger partial charge is 0.257 e.